The van der Waals surface area contributed by atoms with Crippen LogP contribution in [0.3, 0.4) is 0 Å². The highest BCUT2D eigenvalue weighted by atomic mass is 35.5. The van der Waals surface area contributed by atoms with E-state index in [9.17, 15) is 9.59 Å². The van der Waals surface area contributed by atoms with Gasteiger partial charge in [0.2, 0.25) is 0 Å². The van der Waals surface area contributed by atoms with E-state index < -0.39 is 6.04 Å². The van der Waals surface area contributed by atoms with Gasteiger partial charge in [0.1, 0.15) is 11.6 Å². The van der Waals surface area contributed by atoms with E-state index in [4.69, 9.17) is 37.7 Å². The molecule has 0 saturated carbocycles. The van der Waals surface area contributed by atoms with E-state index in [2.05, 4.69) is 0 Å². The molecule has 1 atom stereocenters. The van der Waals surface area contributed by atoms with Crippen LogP contribution >= 0.6 is 23.2 Å². The molecule has 0 aliphatic rings. The molecule has 3 aromatic carbocycles. The Balaban J connectivity index is 1.95. The lowest BCUT2D eigenvalue weighted by Crippen LogP contribution is -2.39. The molecule has 1 aromatic heterocycles. The molecule has 0 saturated heterocycles. The molecule has 0 fully saturated rings. The first kappa shape index (κ1) is 27.6. The molecule has 1 heterocycles. The number of methoxy groups -OCH3 is 2. The van der Waals surface area contributed by atoms with Crippen LogP contribution in [0.4, 0.5) is 0 Å². The smallest absolute Gasteiger partial charge is 0.266 e. The summed E-state index contributed by atoms with van der Waals surface area (Å²) >= 11 is 12.4. The van der Waals surface area contributed by atoms with Crippen LogP contribution < -0.4 is 10.3 Å². The number of para-hydroxylation sites is 3. The number of carbonyl (C=O) groups is 1. The van der Waals surface area contributed by atoms with Crippen LogP contribution in [0.2, 0.25) is 10.0 Å². The summed E-state index contributed by atoms with van der Waals surface area (Å²) in [4.78, 5) is 34.6. The van der Waals surface area contributed by atoms with E-state index in [1.807, 2.05) is 31.2 Å². The highest BCUT2D eigenvalue weighted by Crippen LogP contribution is 2.31. The molecular formula is C29H29Cl2N3O4. The summed E-state index contributed by atoms with van der Waals surface area (Å²) in [7, 11) is 3.17. The van der Waals surface area contributed by atoms with Crippen molar-refractivity contribution in [3.05, 3.63) is 98.5 Å². The van der Waals surface area contributed by atoms with E-state index in [0.717, 1.165) is 0 Å². The van der Waals surface area contributed by atoms with Gasteiger partial charge in [-0.25, -0.2) is 4.98 Å². The van der Waals surface area contributed by atoms with Gasteiger partial charge >= 0.3 is 0 Å². The summed E-state index contributed by atoms with van der Waals surface area (Å²) in [5.41, 5.74) is 1.25. The third kappa shape index (κ3) is 5.55. The normalized spacial score (nSPS) is 11.9. The molecule has 0 radical (unpaired) electrons. The summed E-state index contributed by atoms with van der Waals surface area (Å²) in [6.45, 7) is 2.80. The average Bonchev–Trinajstić information content (AvgIpc) is 2.94. The minimum Gasteiger partial charge on any atom is -0.495 e. The molecule has 7 nitrogen and oxygen atoms in total. The number of benzene rings is 3. The zero-order chi connectivity index (χ0) is 27.2. The molecule has 0 aliphatic carbocycles. The Labute approximate surface area is 231 Å². The fraction of sp³-hybridized carbons (Fsp3) is 0.276. The van der Waals surface area contributed by atoms with Gasteiger partial charge in [0.05, 0.1) is 39.8 Å². The van der Waals surface area contributed by atoms with E-state index in [-0.39, 0.29) is 16.5 Å². The van der Waals surface area contributed by atoms with E-state index in [1.165, 1.54) is 0 Å². The van der Waals surface area contributed by atoms with Crippen molar-refractivity contribution in [2.24, 2.45) is 0 Å². The fourth-order valence-electron chi connectivity index (χ4n) is 4.54. The number of carbonyl (C=O) groups excluding carboxylic acids is 1. The van der Waals surface area contributed by atoms with E-state index >= 15 is 0 Å². The quantitative estimate of drug-likeness (QED) is 0.214. The summed E-state index contributed by atoms with van der Waals surface area (Å²) in [5, 5.41) is 1.12. The first-order chi connectivity index (χ1) is 18.4. The monoisotopic (exact) mass is 553 g/mol. The Morgan fingerprint density at radius 2 is 1.76 bits per heavy atom. The lowest BCUT2D eigenvalue weighted by Gasteiger charge is -2.32. The highest BCUT2D eigenvalue weighted by Gasteiger charge is 2.30. The Bertz CT molecular complexity index is 1510. The Kier molecular flexibility index (Phi) is 9.05. The Morgan fingerprint density at radius 1 is 1.03 bits per heavy atom. The van der Waals surface area contributed by atoms with Gasteiger partial charge in [0.25, 0.3) is 11.5 Å². The van der Waals surface area contributed by atoms with Crippen LogP contribution in [0, 0.1) is 0 Å². The molecule has 0 aliphatic heterocycles. The van der Waals surface area contributed by atoms with Crippen LogP contribution in [0.15, 0.2) is 71.5 Å². The summed E-state index contributed by atoms with van der Waals surface area (Å²) < 4.78 is 12.4. The fourth-order valence-corrected chi connectivity index (χ4v) is 4.83. The van der Waals surface area contributed by atoms with Crippen molar-refractivity contribution in [1.29, 1.82) is 0 Å². The second kappa shape index (κ2) is 12.4. The van der Waals surface area contributed by atoms with Crippen molar-refractivity contribution >= 4 is 40.0 Å². The second-order valence-corrected chi connectivity index (χ2v) is 9.51. The number of fused-ring (bicyclic) bond motifs is 1. The molecule has 1 amide bonds. The standard InChI is InChI=1S/C29H29Cl2N3O4/c1-4-24(33(16-9-17-37-2)28(35)19-14-15-21(30)22(31)18-19)27-32-23-11-6-5-10-20(23)29(36)34(27)25-12-7-8-13-26(25)38-3/h5-8,10-15,18,24H,4,9,16-17H2,1-3H3. The molecule has 9 heteroatoms. The molecular weight excluding hydrogens is 525 g/mol. The predicted molar refractivity (Wildman–Crippen MR) is 151 cm³/mol. The van der Waals surface area contributed by atoms with Gasteiger partial charge in [-0.05, 0) is 55.3 Å². The number of nitrogens with zero attached hydrogens (tertiary/aromatic N) is 3. The third-order valence-electron chi connectivity index (χ3n) is 6.36. The average molecular weight is 554 g/mol. The minimum atomic E-state index is -0.545. The molecule has 0 N–H and O–H groups in total. The number of aromatic nitrogens is 2. The number of ether oxygens (including phenoxy) is 2. The number of hydrogen-bond donors (Lipinski definition) is 0. The van der Waals surface area contributed by atoms with Crippen molar-refractivity contribution in [1.82, 2.24) is 14.5 Å². The number of halogens is 2. The molecule has 0 spiro atoms. The molecule has 1 unspecified atom stereocenters. The molecule has 38 heavy (non-hydrogen) atoms. The van der Waals surface area contributed by atoms with Crippen LogP contribution in [0.25, 0.3) is 16.6 Å². The lowest BCUT2D eigenvalue weighted by molar-refractivity contribution is 0.0634. The van der Waals surface area contributed by atoms with Crippen molar-refractivity contribution in [3.63, 3.8) is 0 Å². The van der Waals surface area contributed by atoms with Crippen molar-refractivity contribution in [3.8, 4) is 11.4 Å². The maximum Gasteiger partial charge on any atom is 0.266 e. The first-order valence-electron chi connectivity index (χ1n) is 12.3. The number of hydrogen-bond acceptors (Lipinski definition) is 5. The number of amides is 1. The van der Waals surface area contributed by atoms with Crippen molar-refractivity contribution in [2.45, 2.75) is 25.8 Å². The number of rotatable bonds is 10. The lowest BCUT2D eigenvalue weighted by atomic mass is 10.1. The van der Waals surface area contributed by atoms with Crippen molar-refractivity contribution in [2.75, 3.05) is 27.4 Å². The third-order valence-corrected chi connectivity index (χ3v) is 7.10. The molecule has 198 valence electrons. The van der Waals surface area contributed by atoms with E-state index in [0.29, 0.717) is 64.7 Å². The van der Waals surface area contributed by atoms with Crippen molar-refractivity contribution < 1.29 is 14.3 Å². The molecule has 4 aromatic rings. The Hall–Kier alpha value is -3.39. The maximum atomic E-state index is 14.0. The molecule has 4 rings (SSSR count). The molecule has 0 bridgehead atoms. The van der Waals surface area contributed by atoms with Gasteiger partial charge < -0.3 is 14.4 Å². The van der Waals surface area contributed by atoms with Crippen LogP contribution in [0.1, 0.15) is 42.0 Å². The topological polar surface area (TPSA) is 73.7 Å². The van der Waals surface area contributed by atoms with Crippen LogP contribution in [-0.2, 0) is 4.74 Å². The largest absolute Gasteiger partial charge is 0.495 e. The van der Waals surface area contributed by atoms with Gasteiger partial charge in [0.15, 0.2) is 0 Å². The van der Waals surface area contributed by atoms with Crippen LogP contribution in [0.5, 0.6) is 5.75 Å². The van der Waals surface area contributed by atoms with Gasteiger partial charge in [-0.1, -0.05) is 54.4 Å². The van der Waals surface area contributed by atoms with Gasteiger partial charge in [-0.2, -0.15) is 0 Å². The summed E-state index contributed by atoms with van der Waals surface area (Å²) in [5.74, 6) is 0.705. The predicted octanol–water partition coefficient (Wildman–Crippen LogP) is 6.33. The van der Waals surface area contributed by atoms with E-state index in [1.54, 1.807) is 66.2 Å². The zero-order valence-electron chi connectivity index (χ0n) is 21.5. The van der Waals surface area contributed by atoms with Gasteiger partial charge in [-0.3, -0.25) is 14.2 Å². The SMILES string of the molecule is CCC(c1nc2ccccc2c(=O)n1-c1ccccc1OC)N(CCCOC)C(=O)c1ccc(Cl)c(Cl)c1. The second-order valence-electron chi connectivity index (χ2n) is 8.70. The summed E-state index contributed by atoms with van der Waals surface area (Å²) in [6, 6.07) is 18.7. The van der Waals surface area contributed by atoms with Crippen LogP contribution in [-0.4, -0.2) is 47.7 Å². The maximum absolute atomic E-state index is 14.0. The minimum absolute atomic E-state index is 0.243. The summed E-state index contributed by atoms with van der Waals surface area (Å²) in [6.07, 6.45) is 1.09. The highest BCUT2D eigenvalue weighted by molar-refractivity contribution is 6.42. The first-order valence-corrected chi connectivity index (χ1v) is 13.1. The Morgan fingerprint density at radius 3 is 2.47 bits per heavy atom. The zero-order valence-corrected chi connectivity index (χ0v) is 23.0. The van der Waals surface area contributed by atoms with Gasteiger partial charge in [-0.15, -0.1) is 0 Å². The van der Waals surface area contributed by atoms with Gasteiger partial charge in [0, 0.05) is 25.8 Å².